The van der Waals surface area contributed by atoms with Gasteiger partial charge < -0.3 is 33.2 Å². The highest BCUT2D eigenvalue weighted by Gasteiger charge is 2.37. The molecule has 4 aromatic carbocycles. The number of benzene rings is 4. The number of rotatable bonds is 5. The molecule has 48 heavy (non-hydrogen) atoms. The molecule has 0 amide bonds. The topological polar surface area (TPSA) is 71.1 Å². The molecule has 4 aromatic rings. The monoisotopic (exact) mass is 652 g/mol. The van der Waals surface area contributed by atoms with Gasteiger partial charge in [-0.3, -0.25) is 9.80 Å². The molecule has 0 aromatic heterocycles. The Labute approximate surface area is 282 Å². The van der Waals surface area contributed by atoms with E-state index in [-0.39, 0.29) is 12.1 Å². The highest BCUT2D eigenvalue weighted by Crippen LogP contribution is 2.55. The lowest BCUT2D eigenvalue weighted by Crippen LogP contribution is -2.34. The van der Waals surface area contributed by atoms with E-state index in [4.69, 9.17) is 33.2 Å². The van der Waals surface area contributed by atoms with Gasteiger partial charge in [0.15, 0.2) is 23.0 Å². The first-order valence-electron chi connectivity index (χ1n) is 16.4. The van der Waals surface area contributed by atoms with E-state index in [1.165, 1.54) is 11.1 Å². The van der Waals surface area contributed by atoms with Crippen molar-refractivity contribution < 1.29 is 33.2 Å². The Hall–Kier alpha value is -4.60. The second kappa shape index (κ2) is 13.1. The van der Waals surface area contributed by atoms with Crippen molar-refractivity contribution >= 4 is 0 Å². The molecule has 0 spiro atoms. The van der Waals surface area contributed by atoms with Gasteiger partial charge in [0.1, 0.15) is 11.5 Å². The summed E-state index contributed by atoms with van der Waals surface area (Å²) in [6.07, 6.45) is 3.19. The largest absolute Gasteiger partial charge is 0.493 e. The maximum atomic E-state index is 6.82. The summed E-state index contributed by atoms with van der Waals surface area (Å²) < 4.78 is 43.3. The lowest BCUT2D eigenvalue weighted by atomic mass is 9.86. The molecule has 6 aliphatic rings. The molecule has 0 unspecified atom stereocenters. The summed E-state index contributed by atoms with van der Waals surface area (Å²) in [5, 5.41) is 0. The summed E-state index contributed by atoms with van der Waals surface area (Å²) in [7, 11) is 12.7. The summed E-state index contributed by atoms with van der Waals surface area (Å²) in [5.41, 5.74) is 6.80. The van der Waals surface area contributed by atoms with E-state index >= 15 is 0 Å². The van der Waals surface area contributed by atoms with E-state index in [1.54, 1.807) is 35.5 Å². The van der Waals surface area contributed by atoms with Crippen LogP contribution in [-0.2, 0) is 25.7 Å². The van der Waals surface area contributed by atoms with Crippen LogP contribution in [0.3, 0.4) is 0 Å². The van der Waals surface area contributed by atoms with Crippen molar-refractivity contribution in [2.75, 3.05) is 62.7 Å². The fraction of sp³-hybridized carbons (Fsp3) is 0.385. The predicted molar refractivity (Wildman–Crippen MR) is 184 cm³/mol. The molecule has 0 fully saturated rings. The Bertz CT molecular complexity index is 1810. The van der Waals surface area contributed by atoms with Crippen molar-refractivity contribution in [1.82, 2.24) is 9.80 Å². The van der Waals surface area contributed by atoms with Crippen molar-refractivity contribution in [1.29, 1.82) is 0 Å². The molecule has 6 aliphatic heterocycles. The maximum Gasteiger partial charge on any atom is 0.208 e. The first kappa shape index (κ1) is 32.0. The van der Waals surface area contributed by atoms with Gasteiger partial charge in [-0.05, 0) is 86.8 Å². The molecule has 9 heteroatoms. The SMILES string of the molecule is COc1cc2c3c(c1OC)Oc1ccc(cc1)C[C@H]1c4c(c(OC)c(OC)c(OC)c4Oc4ccc(cc4)C[C@@H]3N(C)CC2)CCN1C. The Morgan fingerprint density at radius 2 is 1.06 bits per heavy atom. The molecule has 0 radical (unpaired) electrons. The predicted octanol–water partition coefficient (Wildman–Crippen LogP) is 7.17. The van der Waals surface area contributed by atoms with Gasteiger partial charge in [0.05, 0.1) is 35.5 Å². The van der Waals surface area contributed by atoms with Crippen LogP contribution in [0.1, 0.15) is 45.5 Å². The molecular formula is C39H44N2O7. The summed E-state index contributed by atoms with van der Waals surface area (Å²) in [4.78, 5) is 4.76. The molecule has 0 saturated carbocycles. The molecule has 4 bridgehead atoms. The van der Waals surface area contributed by atoms with Gasteiger partial charge in [0.25, 0.3) is 0 Å². The van der Waals surface area contributed by atoms with Crippen LogP contribution in [-0.4, -0.2) is 72.5 Å². The highest BCUT2D eigenvalue weighted by molar-refractivity contribution is 5.69. The van der Waals surface area contributed by atoms with Gasteiger partial charge in [0.2, 0.25) is 17.2 Å². The van der Waals surface area contributed by atoms with Gasteiger partial charge in [-0.1, -0.05) is 24.3 Å². The number of nitrogens with zero attached hydrogens (tertiary/aromatic N) is 2. The quantitative estimate of drug-likeness (QED) is 0.223. The van der Waals surface area contributed by atoms with E-state index in [9.17, 15) is 0 Å². The standard InChI is InChI=1S/C39H44N2O7/c1-40-18-16-25-22-31(42-3)35(44-5)36-32(25)29(40)20-23-8-14-27(15-9-23)48-37-33-28(34(43-4)38(45-6)39(37)46-7)17-19-41(2)30(33)21-24-10-12-26(47-36)13-11-24/h8-15,22,29-30H,16-21H2,1-7H3/t29-,30-/m0/s1. The number of likely N-dealkylation sites (N-methyl/N-ethyl adjacent to an activating group) is 2. The van der Waals surface area contributed by atoms with Crippen LogP contribution in [0.2, 0.25) is 0 Å². The summed E-state index contributed by atoms with van der Waals surface area (Å²) in [6.45, 7) is 1.78. The minimum Gasteiger partial charge on any atom is -0.493 e. The summed E-state index contributed by atoms with van der Waals surface area (Å²) >= 11 is 0. The third-order valence-corrected chi connectivity index (χ3v) is 10.1. The second-order valence-electron chi connectivity index (χ2n) is 12.7. The molecule has 2 atom stereocenters. The zero-order valence-corrected chi connectivity index (χ0v) is 28.8. The van der Waals surface area contributed by atoms with Crippen molar-refractivity contribution in [3.63, 3.8) is 0 Å². The molecule has 0 aliphatic carbocycles. The van der Waals surface area contributed by atoms with Crippen LogP contribution in [0, 0.1) is 0 Å². The van der Waals surface area contributed by atoms with E-state index < -0.39 is 0 Å². The number of ether oxygens (including phenoxy) is 7. The zero-order chi connectivity index (χ0) is 33.5. The van der Waals surface area contributed by atoms with Crippen LogP contribution >= 0.6 is 0 Å². The van der Waals surface area contributed by atoms with Crippen LogP contribution in [0.5, 0.6) is 51.7 Å². The lowest BCUT2D eigenvalue weighted by Gasteiger charge is -2.38. The molecule has 9 nitrogen and oxygen atoms in total. The van der Waals surface area contributed by atoms with E-state index in [2.05, 4.69) is 54.2 Å². The smallest absolute Gasteiger partial charge is 0.208 e. The molecule has 0 N–H and O–H groups in total. The number of methoxy groups -OCH3 is 5. The van der Waals surface area contributed by atoms with Crippen molar-refractivity contribution in [3.05, 3.63) is 88.0 Å². The third-order valence-electron chi connectivity index (χ3n) is 10.1. The number of hydrogen-bond donors (Lipinski definition) is 0. The molecular weight excluding hydrogens is 608 g/mol. The third kappa shape index (κ3) is 5.44. The van der Waals surface area contributed by atoms with Gasteiger partial charge in [0, 0.05) is 41.9 Å². The van der Waals surface area contributed by atoms with E-state index in [0.717, 1.165) is 72.5 Å². The Morgan fingerprint density at radius 1 is 0.562 bits per heavy atom. The molecule has 0 saturated heterocycles. The fourth-order valence-corrected chi connectivity index (χ4v) is 7.64. The van der Waals surface area contributed by atoms with Crippen LogP contribution in [0.4, 0.5) is 0 Å². The minimum absolute atomic E-state index is 0.0100. The number of hydrogen-bond acceptors (Lipinski definition) is 9. The lowest BCUT2D eigenvalue weighted by molar-refractivity contribution is 0.217. The van der Waals surface area contributed by atoms with Crippen molar-refractivity contribution in [2.45, 2.75) is 37.8 Å². The minimum atomic E-state index is -0.0100. The Morgan fingerprint density at radius 3 is 1.58 bits per heavy atom. The Kier molecular flexibility index (Phi) is 8.74. The van der Waals surface area contributed by atoms with Crippen molar-refractivity contribution in [2.24, 2.45) is 0 Å². The normalized spacial score (nSPS) is 18.8. The first-order chi connectivity index (χ1) is 23.4. The van der Waals surface area contributed by atoms with Crippen LogP contribution < -0.4 is 33.2 Å². The zero-order valence-electron chi connectivity index (χ0n) is 28.8. The van der Waals surface area contributed by atoms with Crippen LogP contribution in [0.25, 0.3) is 0 Å². The van der Waals surface area contributed by atoms with Gasteiger partial charge in [-0.15, -0.1) is 0 Å². The average molecular weight is 653 g/mol. The fourth-order valence-electron chi connectivity index (χ4n) is 7.64. The van der Waals surface area contributed by atoms with E-state index in [0.29, 0.717) is 40.2 Å². The average Bonchev–Trinajstić information content (AvgIpc) is 3.11. The van der Waals surface area contributed by atoms with Gasteiger partial charge in [-0.2, -0.15) is 0 Å². The van der Waals surface area contributed by atoms with E-state index in [1.807, 2.05) is 24.3 Å². The summed E-state index contributed by atoms with van der Waals surface area (Å²) in [5.74, 6) is 5.84. The van der Waals surface area contributed by atoms with Crippen LogP contribution in [0.15, 0.2) is 54.6 Å². The molecule has 252 valence electrons. The first-order valence-corrected chi connectivity index (χ1v) is 16.4. The highest BCUT2D eigenvalue weighted by atomic mass is 16.6. The Balaban J connectivity index is 1.43. The van der Waals surface area contributed by atoms with Gasteiger partial charge >= 0.3 is 0 Å². The van der Waals surface area contributed by atoms with Crippen molar-refractivity contribution in [3.8, 4) is 51.7 Å². The molecule has 6 heterocycles. The second-order valence-corrected chi connectivity index (χ2v) is 12.7. The maximum absolute atomic E-state index is 6.82. The van der Waals surface area contributed by atoms with Gasteiger partial charge in [-0.25, -0.2) is 0 Å². The summed E-state index contributed by atoms with van der Waals surface area (Å²) in [6, 6.07) is 18.9. The molecule has 10 rings (SSSR count).